The molecule has 0 unspecified atom stereocenters. The van der Waals surface area contributed by atoms with E-state index in [9.17, 15) is 0 Å². The first-order valence-electron chi connectivity index (χ1n) is 11.5. The highest BCUT2D eigenvalue weighted by molar-refractivity contribution is 8.16. The molecule has 0 aliphatic heterocycles. The SMILES string of the molecule is CC(C)(C)C1=CCC(=S(c2ccc(C(C)(C)C)cc2)c2ccc(C(C)(C)C)cc2)C=C1. The predicted molar refractivity (Wildman–Crippen MR) is 141 cm³/mol. The van der Waals surface area contributed by atoms with Crippen LogP contribution in [0.4, 0.5) is 0 Å². The van der Waals surface area contributed by atoms with Crippen molar-refractivity contribution < 1.29 is 0 Å². The molecule has 166 valence electrons. The third-order valence-electron chi connectivity index (χ3n) is 6.01. The monoisotopic (exact) mass is 432 g/mol. The van der Waals surface area contributed by atoms with Crippen LogP contribution in [0.1, 0.15) is 79.9 Å². The van der Waals surface area contributed by atoms with Gasteiger partial charge in [-0.1, -0.05) is 105 Å². The average molecular weight is 433 g/mol. The molecule has 0 fully saturated rings. The maximum Gasteiger partial charge on any atom is 0.00650 e. The molecule has 3 rings (SSSR count). The first kappa shape index (κ1) is 23.8. The van der Waals surface area contributed by atoms with Crippen LogP contribution in [0.2, 0.25) is 0 Å². The quantitative estimate of drug-likeness (QED) is 0.415. The molecule has 0 bridgehead atoms. The maximum absolute atomic E-state index is 2.43. The molecule has 0 saturated carbocycles. The van der Waals surface area contributed by atoms with Crippen LogP contribution in [0.5, 0.6) is 0 Å². The number of allylic oxidation sites excluding steroid dienone is 4. The Labute approximate surface area is 193 Å². The molecule has 0 heterocycles. The summed E-state index contributed by atoms with van der Waals surface area (Å²) < 4.78 is 0. The van der Waals surface area contributed by atoms with Gasteiger partial charge in [0.1, 0.15) is 0 Å². The van der Waals surface area contributed by atoms with Gasteiger partial charge in [-0.25, -0.2) is 0 Å². The maximum atomic E-state index is 2.43. The topological polar surface area (TPSA) is 0 Å². The molecule has 2 aromatic rings. The second kappa shape index (κ2) is 8.58. The second-order valence-electron chi connectivity index (χ2n) is 11.8. The minimum absolute atomic E-state index is 0.0642. The molecular formula is C30H40S. The summed E-state index contributed by atoms with van der Waals surface area (Å²) in [4.78, 5) is 4.31. The second-order valence-corrected chi connectivity index (χ2v) is 13.8. The highest BCUT2D eigenvalue weighted by Crippen LogP contribution is 2.41. The Morgan fingerprint density at radius 2 is 0.968 bits per heavy atom. The molecule has 1 aliphatic rings. The van der Waals surface area contributed by atoms with Crippen LogP contribution >= 0.6 is 10.5 Å². The van der Waals surface area contributed by atoms with Crippen molar-refractivity contribution in [2.45, 2.75) is 89.4 Å². The zero-order valence-electron chi connectivity index (χ0n) is 21.0. The van der Waals surface area contributed by atoms with E-state index < -0.39 is 0 Å². The van der Waals surface area contributed by atoms with Crippen molar-refractivity contribution in [1.82, 2.24) is 0 Å². The molecule has 0 saturated heterocycles. The molecule has 1 heteroatoms. The molecular weight excluding hydrogens is 392 g/mol. The van der Waals surface area contributed by atoms with Crippen molar-refractivity contribution in [2.75, 3.05) is 0 Å². The van der Waals surface area contributed by atoms with Crippen LogP contribution in [0.25, 0.3) is 0 Å². The number of rotatable bonds is 2. The lowest BCUT2D eigenvalue weighted by Crippen LogP contribution is -2.12. The largest absolute Gasteiger partial charge is 0.120 e. The zero-order chi connectivity index (χ0) is 23.0. The van der Waals surface area contributed by atoms with Gasteiger partial charge in [0.25, 0.3) is 0 Å². The molecule has 0 atom stereocenters. The molecule has 0 amide bonds. The third-order valence-corrected chi connectivity index (χ3v) is 8.33. The Kier molecular flexibility index (Phi) is 6.59. The Bertz CT molecular complexity index is 947. The van der Waals surface area contributed by atoms with E-state index in [0.29, 0.717) is 0 Å². The zero-order valence-corrected chi connectivity index (χ0v) is 21.8. The molecule has 31 heavy (non-hydrogen) atoms. The van der Waals surface area contributed by atoms with Gasteiger partial charge in [-0.05, 0) is 68.5 Å². The van der Waals surface area contributed by atoms with E-state index in [2.05, 4.69) is 129 Å². The van der Waals surface area contributed by atoms with E-state index in [1.165, 1.54) is 31.4 Å². The molecule has 1 aliphatic carbocycles. The van der Waals surface area contributed by atoms with Crippen LogP contribution in [0.3, 0.4) is 0 Å². The van der Waals surface area contributed by atoms with Gasteiger partial charge in [0, 0.05) is 9.79 Å². The summed E-state index contributed by atoms with van der Waals surface area (Å²) in [6, 6.07) is 18.7. The lowest BCUT2D eigenvalue weighted by atomic mass is 9.84. The van der Waals surface area contributed by atoms with Gasteiger partial charge >= 0.3 is 0 Å². The molecule has 0 N–H and O–H groups in total. The summed E-state index contributed by atoms with van der Waals surface area (Å²) in [6.45, 7) is 20.6. The van der Waals surface area contributed by atoms with Crippen molar-refractivity contribution in [3.05, 3.63) is 83.5 Å². The van der Waals surface area contributed by atoms with Gasteiger partial charge < -0.3 is 0 Å². The number of hydrogen-bond donors (Lipinski definition) is 0. The summed E-state index contributed by atoms with van der Waals surface area (Å²) in [5.74, 6) is 0. The standard InChI is InChI=1S/C30H40S/c1-28(2,3)22-10-16-25(17-11-22)31(26-18-12-23(13-19-26)29(4,5)6)27-20-14-24(15-21-27)30(7,8)9/h10-20H,21H2,1-9H3. The predicted octanol–water partition coefficient (Wildman–Crippen LogP) is 9.07. The Balaban J connectivity index is 2.10. The Hall–Kier alpha value is -1.86. The summed E-state index contributed by atoms with van der Waals surface area (Å²) in [5, 5.41) is 0. The van der Waals surface area contributed by atoms with E-state index in [1.54, 1.807) is 0 Å². The summed E-state index contributed by atoms with van der Waals surface area (Å²) >= 11 is 0. The van der Waals surface area contributed by atoms with E-state index >= 15 is 0 Å². The minimum atomic E-state index is -0.0642. The molecule has 0 radical (unpaired) electrons. The van der Waals surface area contributed by atoms with Gasteiger partial charge in [0.15, 0.2) is 0 Å². The van der Waals surface area contributed by atoms with Gasteiger partial charge in [0.2, 0.25) is 0 Å². The van der Waals surface area contributed by atoms with E-state index in [0.717, 1.165) is 6.42 Å². The first-order valence-corrected chi connectivity index (χ1v) is 12.7. The number of hydrogen-bond acceptors (Lipinski definition) is 0. The van der Waals surface area contributed by atoms with Crippen molar-refractivity contribution in [2.24, 2.45) is 5.41 Å². The molecule has 2 aromatic carbocycles. The van der Waals surface area contributed by atoms with Crippen molar-refractivity contribution in [3.63, 3.8) is 0 Å². The van der Waals surface area contributed by atoms with Gasteiger partial charge in [-0.3, -0.25) is 0 Å². The van der Waals surface area contributed by atoms with Gasteiger partial charge in [-0.2, -0.15) is 0 Å². The van der Waals surface area contributed by atoms with Crippen LogP contribution in [0, 0.1) is 5.41 Å². The lowest BCUT2D eigenvalue weighted by Gasteiger charge is -2.25. The molecule has 0 aromatic heterocycles. The first-order chi connectivity index (χ1) is 14.3. The summed E-state index contributed by atoms with van der Waals surface area (Å²) in [7, 11) is -0.0642. The summed E-state index contributed by atoms with van der Waals surface area (Å²) in [6.07, 6.45) is 8.18. The van der Waals surface area contributed by atoms with E-state index in [1.807, 2.05) is 0 Å². The van der Waals surface area contributed by atoms with E-state index in [-0.39, 0.29) is 26.7 Å². The smallest absolute Gasteiger partial charge is 0.00650 e. The minimum Gasteiger partial charge on any atom is -0.120 e. The van der Waals surface area contributed by atoms with Crippen molar-refractivity contribution in [1.29, 1.82) is 0 Å². The highest BCUT2D eigenvalue weighted by atomic mass is 32.2. The molecule has 0 nitrogen and oxygen atoms in total. The Morgan fingerprint density at radius 1 is 0.548 bits per heavy atom. The van der Waals surface area contributed by atoms with Crippen LogP contribution in [-0.4, -0.2) is 4.86 Å². The highest BCUT2D eigenvalue weighted by Gasteiger charge is 2.20. The van der Waals surface area contributed by atoms with E-state index in [4.69, 9.17) is 0 Å². The van der Waals surface area contributed by atoms with Gasteiger partial charge in [-0.15, -0.1) is 10.5 Å². The normalized spacial score (nSPS) is 15.4. The Morgan fingerprint density at radius 3 is 1.26 bits per heavy atom. The van der Waals surface area contributed by atoms with Crippen molar-refractivity contribution in [3.8, 4) is 0 Å². The fraction of sp³-hybridized carbons (Fsp3) is 0.433. The summed E-state index contributed by atoms with van der Waals surface area (Å²) in [5.41, 5.74) is 4.76. The molecule has 0 spiro atoms. The van der Waals surface area contributed by atoms with Crippen LogP contribution in [-0.2, 0) is 10.8 Å². The third kappa shape index (κ3) is 5.69. The lowest BCUT2D eigenvalue weighted by molar-refractivity contribution is 0.515. The fourth-order valence-corrected chi connectivity index (χ4v) is 6.01. The van der Waals surface area contributed by atoms with Gasteiger partial charge in [0.05, 0.1) is 0 Å². The fourth-order valence-electron chi connectivity index (χ4n) is 3.86. The van der Waals surface area contributed by atoms with Crippen LogP contribution in [0.15, 0.2) is 82.1 Å². The van der Waals surface area contributed by atoms with Crippen LogP contribution < -0.4 is 0 Å². The number of benzene rings is 2. The van der Waals surface area contributed by atoms with Crippen molar-refractivity contribution >= 4 is 15.3 Å². The average Bonchev–Trinajstić information content (AvgIpc) is 2.67.